The smallest absolute Gasteiger partial charge is 0.327 e. The summed E-state index contributed by atoms with van der Waals surface area (Å²) in [4.78, 5) is 187. The number of fused-ring (bicyclic) bond motifs is 6. The van der Waals surface area contributed by atoms with Crippen molar-refractivity contribution in [1.29, 1.82) is 0 Å². The first kappa shape index (κ1) is 94.6. The van der Waals surface area contributed by atoms with Gasteiger partial charge in [-0.25, -0.2) is 0 Å². The van der Waals surface area contributed by atoms with Crippen LogP contribution >= 0.6 is 191 Å². The summed E-state index contributed by atoms with van der Waals surface area (Å²) in [5.41, 5.74) is 2.51. The van der Waals surface area contributed by atoms with Crippen molar-refractivity contribution >= 4 is 295 Å². The van der Waals surface area contributed by atoms with Gasteiger partial charge in [-0.3, -0.25) is 96.9 Å². The molecule has 6 aromatic heterocycles. The van der Waals surface area contributed by atoms with Crippen LogP contribution in [-0.4, -0.2) is 80.1 Å². The van der Waals surface area contributed by atoms with Crippen LogP contribution in [0.3, 0.4) is 0 Å². The van der Waals surface area contributed by atoms with Crippen molar-refractivity contribution in [2.45, 2.75) is 14.9 Å². The Labute approximate surface area is 826 Å². The molecular formula is C91H59Br12N12O12+3. The summed E-state index contributed by atoms with van der Waals surface area (Å²) < 4.78 is 12.8. The molecule has 127 heavy (non-hydrogen) atoms. The van der Waals surface area contributed by atoms with Crippen LogP contribution in [-0.2, 0) is 28.2 Å². The molecule has 636 valence electrons. The molecule has 0 radical (unpaired) electrons. The molecule has 12 heterocycles. The van der Waals surface area contributed by atoms with Gasteiger partial charge in [0.15, 0.2) is 24.8 Å². The number of amides is 6. The largest absolute Gasteiger partial charge is 0.358 e. The fourth-order valence-corrected chi connectivity index (χ4v) is 23.4. The first-order valence-electron chi connectivity index (χ1n) is 36.3. The van der Waals surface area contributed by atoms with Crippen molar-refractivity contribution in [3.05, 3.63) is 382 Å². The maximum atomic E-state index is 14.3. The zero-order valence-corrected chi connectivity index (χ0v) is 83.6. The Hall–Kier alpha value is -9.96. The normalized spacial score (nSPS) is 15.4. The number of carbonyl (C=O) groups excluding carboxylic acids is 12. The van der Waals surface area contributed by atoms with Gasteiger partial charge >= 0.3 is 23.6 Å². The Bertz CT molecular complexity index is 6640. The SMILES string of the molecule is C.C.C[n+]1ccccc1C(=O)N1/C(=C2\C(=O)c3cc(Br)cc(Br)c3N2C(=O)c2cccc[n+]2C)C(=O)c2cc(Br)cc(Br)c21.C[n+]1ccccc1C(=O)N1/C(=C2\C(=O)c3cc(Br)cc(Br)c3N2C(=O)c2ccccn2)C(=O)c2cc(Br)cc(Br)c21.C[n+]1ccccc1C(=O)N1/C(=C2\C(=O)c3cc(Br)cc(Br)c3N2C(=O)c2ccccn2)C(=O)c2cc(Br)cc(Br)c21.[CH3-]. The van der Waals surface area contributed by atoms with Gasteiger partial charge in [0.05, 0.1) is 67.5 Å². The lowest BCUT2D eigenvalue weighted by atomic mass is 10.1. The average Bonchev–Trinajstić information content (AvgIpc) is 1.56. The first-order chi connectivity index (χ1) is 59.2. The third-order valence-corrected chi connectivity index (χ3v) is 26.7. The molecule has 0 saturated carbocycles. The van der Waals surface area contributed by atoms with Gasteiger partial charge in [-0.05, 0) is 217 Å². The minimum atomic E-state index is -0.634. The molecule has 6 aliphatic rings. The van der Waals surface area contributed by atoms with E-state index in [0.29, 0.717) is 53.7 Å². The van der Waals surface area contributed by atoms with Crippen LogP contribution in [0.5, 0.6) is 0 Å². The maximum Gasteiger partial charge on any atom is 0.327 e. The maximum absolute atomic E-state index is 14.3. The number of carbonyl (C=O) groups is 12. The monoisotopic (exact) mass is 2460 g/mol. The van der Waals surface area contributed by atoms with Gasteiger partial charge in [-0.1, -0.05) is 123 Å². The fourth-order valence-electron chi connectivity index (χ4n) is 15.0. The highest BCUT2D eigenvalue weighted by atomic mass is 79.9. The van der Waals surface area contributed by atoms with Crippen LogP contribution in [0.15, 0.2) is 307 Å². The number of benzene rings is 6. The van der Waals surface area contributed by atoms with Crippen LogP contribution in [0.1, 0.15) is 140 Å². The number of rotatable bonds is 6. The molecule has 0 spiro atoms. The number of ketones is 6. The van der Waals surface area contributed by atoms with Crippen molar-refractivity contribution in [3.63, 3.8) is 0 Å². The highest BCUT2D eigenvalue weighted by Gasteiger charge is 2.55. The number of halogens is 12. The lowest BCUT2D eigenvalue weighted by molar-refractivity contribution is -0.673. The van der Waals surface area contributed by atoms with Crippen molar-refractivity contribution in [3.8, 4) is 0 Å². The first-order valence-corrected chi connectivity index (χ1v) is 45.8. The molecule has 0 aliphatic carbocycles. The van der Waals surface area contributed by atoms with E-state index in [1.165, 1.54) is 53.9 Å². The van der Waals surface area contributed by atoms with E-state index in [1.54, 1.807) is 241 Å². The molecule has 18 rings (SSSR count). The number of nitrogens with zero attached hydrogens (tertiary/aromatic N) is 12. The standard InChI is InChI=1S/C30H18Br4N4O4.2C29H15Br4N4O4.2CH4.CH3/c1-35-9-5-3-7-21(35)29(41)37-23-17(11-15(31)13-19(23)33)27(39)25(37)26-28(40)18-12-16(32)14-20(34)24(18)38(26)30(42)22-8-4-6-10-36(22)2;2*1-35-9-5-3-7-21(35)29(41)37-23-17(11-15(31)13-19(23)33)27(39)25(37)24-26(38)16-10-14(30)12-18(32)22(16)36(24)28(40)20-6-2-4-8-34-20;;;/h3-14H,1-2H3;2*2-13H,1H3;2*1H4;1H3/q+2;2*+1;;;-1/b26-25+;2*25-24+;;;. The fraction of sp³-hybridized carbons (Fsp3) is 0.0659. The quantitative estimate of drug-likeness (QED) is 0.0851. The lowest BCUT2D eigenvalue weighted by Crippen LogP contribution is -2.45. The molecule has 36 heteroatoms. The Kier molecular flexibility index (Phi) is 28.0. The number of hydrogen-bond donors (Lipinski definition) is 0. The second-order valence-corrected chi connectivity index (χ2v) is 38.4. The lowest BCUT2D eigenvalue weighted by Gasteiger charge is -2.24. The minimum absolute atomic E-state index is 0. The summed E-state index contributed by atoms with van der Waals surface area (Å²) in [6, 6.07) is 49.9. The molecule has 0 unspecified atom stereocenters. The van der Waals surface area contributed by atoms with Crippen LogP contribution < -0.4 is 47.7 Å². The molecule has 12 aromatic rings. The number of aryl methyl sites for hydroxylation is 4. The van der Waals surface area contributed by atoms with E-state index in [9.17, 15) is 57.5 Å². The number of pyridine rings is 6. The molecule has 0 N–H and O–H groups in total. The van der Waals surface area contributed by atoms with Gasteiger partial charge in [-0.15, -0.1) is 0 Å². The summed E-state index contributed by atoms with van der Waals surface area (Å²) >= 11 is 41.6. The van der Waals surface area contributed by atoms with E-state index < -0.39 is 70.1 Å². The number of hydrogen-bond acceptors (Lipinski definition) is 14. The van der Waals surface area contributed by atoms with Crippen molar-refractivity contribution in [2.75, 3.05) is 29.4 Å². The third-order valence-electron chi connectivity index (χ3n) is 20.4. The number of aromatic nitrogens is 6. The summed E-state index contributed by atoms with van der Waals surface area (Å²) in [6.45, 7) is 0. The summed E-state index contributed by atoms with van der Waals surface area (Å²) in [5, 5.41) is 0. The molecule has 6 amide bonds. The molecule has 0 fully saturated rings. The van der Waals surface area contributed by atoms with Gasteiger partial charge in [0, 0.05) is 115 Å². The predicted octanol–water partition coefficient (Wildman–Crippen LogP) is 20.8. The molecule has 24 nitrogen and oxygen atoms in total. The zero-order valence-electron chi connectivity index (χ0n) is 64.6. The zero-order chi connectivity index (χ0) is 88.4. The van der Waals surface area contributed by atoms with E-state index in [-0.39, 0.29) is 158 Å². The van der Waals surface area contributed by atoms with Crippen molar-refractivity contribution < 1.29 is 75.8 Å². The Morgan fingerprint density at radius 1 is 0.252 bits per heavy atom. The van der Waals surface area contributed by atoms with Gasteiger partial charge < -0.3 is 7.43 Å². The molecule has 0 bridgehead atoms. The predicted molar refractivity (Wildman–Crippen MR) is 518 cm³/mol. The van der Waals surface area contributed by atoms with E-state index in [1.807, 2.05) is 0 Å². The van der Waals surface area contributed by atoms with Crippen molar-refractivity contribution in [2.24, 2.45) is 28.2 Å². The van der Waals surface area contributed by atoms with E-state index in [4.69, 9.17) is 0 Å². The molecular weight excluding hydrogens is 2410 g/mol. The Morgan fingerprint density at radius 2 is 0.425 bits per heavy atom. The van der Waals surface area contributed by atoms with Crippen LogP contribution in [0.4, 0.5) is 34.1 Å². The molecule has 6 aromatic carbocycles. The number of allylic oxidation sites excluding steroid dienone is 6. The van der Waals surface area contributed by atoms with Crippen LogP contribution in [0.2, 0.25) is 0 Å². The molecule has 0 atom stereocenters. The second-order valence-electron chi connectivity index (χ2n) is 27.8. The highest BCUT2D eigenvalue weighted by Crippen LogP contribution is 2.54. The van der Waals surface area contributed by atoms with Gasteiger partial charge in [-0.2, -0.15) is 18.3 Å². The minimum Gasteiger partial charge on any atom is -0.358 e. The highest BCUT2D eigenvalue weighted by molar-refractivity contribution is 9.12. The summed E-state index contributed by atoms with van der Waals surface area (Å²) in [6.07, 6.45) is 9.77. The average molecular weight is 2470 g/mol. The molecule has 0 saturated heterocycles. The summed E-state index contributed by atoms with van der Waals surface area (Å²) in [5.74, 6) is -6.95. The van der Waals surface area contributed by atoms with E-state index >= 15 is 0 Å². The molecule has 6 aliphatic heterocycles. The number of Topliss-reactive ketones (excluding diaryl/α,β-unsaturated/α-hetero) is 6. The van der Waals surface area contributed by atoms with Gasteiger partial charge in [0.25, 0.3) is 34.6 Å². The van der Waals surface area contributed by atoms with Crippen molar-refractivity contribution in [1.82, 2.24) is 9.97 Å². The second kappa shape index (κ2) is 37.6. The third kappa shape index (κ3) is 16.5. The Balaban J connectivity index is 0.000000161. The van der Waals surface area contributed by atoms with Gasteiger partial charge in [0.2, 0.25) is 34.7 Å². The number of anilines is 6. The topological polar surface area (TPSA) is 266 Å². The van der Waals surface area contributed by atoms with Crippen LogP contribution in [0.25, 0.3) is 0 Å². The van der Waals surface area contributed by atoms with E-state index in [0.717, 1.165) is 0 Å². The van der Waals surface area contributed by atoms with E-state index in [2.05, 4.69) is 201 Å². The van der Waals surface area contributed by atoms with Crippen LogP contribution in [0, 0.1) is 7.43 Å². The Morgan fingerprint density at radius 3 is 0.591 bits per heavy atom. The summed E-state index contributed by atoms with van der Waals surface area (Å²) in [7, 11) is 6.84. The van der Waals surface area contributed by atoms with Gasteiger partial charge in [0.1, 0.15) is 73.8 Å².